The topological polar surface area (TPSA) is 68.0 Å². The van der Waals surface area contributed by atoms with Gasteiger partial charge in [-0.3, -0.25) is 4.79 Å². The molecule has 78 valence electrons. The second kappa shape index (κ2) is 4.06. The van der Waals surface area contributed by atoms with Crippen molar-refractivity contribution in [2.75, 3.05) is 6.54 Å². The van der Waals surface area contributed by atoms with Crippen LogP contribution in [-0.4, -0.2) is 23.0 Å². The molecule has 0 aliphatic carbocycles. The number of thiazole rings is 1. The van der Waals surface area contributed by atoms with E-state index in [1.807, 2.05) is 20.8 Å². The molecule has 1 rings (SSSR count). The van der Waals surface area contributed by atoms with Crippen molar-refractivity contribution in [1.29, 1.82) is 0 Å². The van der Waals surface area contributed by atoms with E-state index in [1.54, 1.807) is 5.51 Å². The lowest BCUT2D eigenvalue weighted by molar-refractivity contribution is 0.0949. The fraction of sp³-hybridized carbons (Fsp3) is 0.556. The molecule has 1 amide bonds. The van der Waals surface area contributed by atoms with Crippen molar-refractivity contribution in [3.8, 4) is 0 Å². The molecule has 0 unspecified atom stereocenters. The van der Waals surface area contributed by atoms with Gasteiger partial charge in [-0.25, -0.2) is 4.98 Å². The number of carbonyl (C=O) groups excluding carboxylic acids is 1. The van der Waals surface area contributed by atoms with E-state index in [0.717, 1.165) is 5.69 Å². The molecule has 0 radical (unpaired) electrons. The summed E-state index contributed by atoms with van der Waals surface area (Å²) in [6, 6.07) is 0. The van der Waals surface area contributed by atoms with Crippen LogP contribution in [-0.2, 0) is 0 Å². The molecule has 1 aromatic rings. The molecule has 5 heteroatoms. The van der Waals surface area contributed by atoms with Crippen molar-refractivity contribution >= 4 is 17.2 Å². The highest BCUT2D eigenvalue weighted by atomic mass is 32.1. The molecule has 1 aromatic heterocycles. The number of nitrogens with zero attached hydrogens (tertiary/aromatic N) is 1. The highest BCUT2D eigenvalue weighted by Crippen LogP contribution is 2.11. The average molecular weight is 213 g/mol. The summed E-state index contributed by atoms with van der Waals surface area (Å²) in [5, 5.41) is 2.77. The normalized spacial score (nSPS) is 11.4. The summed E-state index contributed by atoms with van der Waals surface area (Å²) in [6.07, 6.45) is 0. The highest BCUT2D eigenvalue weighted by molar-refractivity contribution is 7.11. The van der Waals surface area contributed by atoms with Gasteiger partial charge in [-0.2, -0.15) is 0 Å². The first-order valence-electron chi connectivity index (χ1n) is 4.37. The first kappa shape index (κ1) is 11.1. The molecule has 0 aliphatic rings. The van der Waals surface area contributed by atoms with Gasteiger partial charge in [-0.05, 0) is 20.8 Å². The summed E-state index contributed by atoms with van der Waals surface area (Å²) in [7, 11) is 0. The molecule has 0 aliphatic heterocycles. The van der Waals surface area contributed by atoms with Crippen LogP contribution in [0.4, 0.5) is 0 Å². The summed E-state index contributed by atoms with van der Waals surface area (Å²) >= 11 is 1.34. The monoisotopic (exact) mass is 213 g/mol. The van der Waals surface area contributed by atoms with Gasteiger partial charge in [-0.1, -0.05) is 0 Å². The Balaban J connectivity index is 2.56. The maximum absolute atomic E-state index is 11.6. The third-order valence-corrected chi connectivity index (χ3v) is 2.58. The predicted molar refractivity (Wildman–Crippen MR) is 57.5 cm³/mol. The van der Waals surface area contributed by atoms with Crippen LogP contribution in [0.3, 0.4) is 0 Å². The molecular formula is C9H15N3OS. The fourth-order valence-corrected chi connectivity index (χ4v) is 1.63. The van der Waals surface area contributed by atoms with Gasteiger partial charge in [0.2, 0.25) is 0 Å². The molecule has 0 atom stereocenters. The van der Waals surface area contributed by atoms with Gasteiger partial charge in [0.25, 0.3) is 5.91 Å². The first-order valence-corrected chi connectivity index (χ1v) is 5.25. The van der Waals surface area contributed by atoms with Crippen LogP contribution >= 0.6 is 11.3 Å². The number of aryl methyl sites for hydroxylation is 1. The molecule has 0 bridgehead atoms. The zero-order valence-electron chi connectivity index (χ0n) is 8.63. The minimum absolute atomic E-state index is 0.0940. The lowest BCUT2D eigenvalue weighted by atomic mass is 10.1. The lowest BCUT2D eigenvalue weighted by Crippen LogP contribution is -2.45. The Hall–Kier alpha value is -0.940. The largest absolute Gasteiger partial charge is 0.349 e. The molecular weight excluding hydrogens is 198 g/mol. The average Bonchev–Trinajstić information content (AvgIpc) is 2.46. The number of carbonyl (C=O) groups is 1. The molecule has 0 spiro atoms. The van der Waals surface area contributed by atoms with E-state index < -0.39 is 0 Å². The minimum atomic E-state index is -0.381. The smallest absolute Gasteiger partial charge is 0.263 e. The number of amides is 1. The molecule has 0 saturated heterocycles. The summed E-state index contributed by atoms with van der Waals surface area (Å²) in [4.78, 5) is 16.2. The summed E-state index contributed by atoms with van der Waals surface area (Å²) in [5.74, 6) is -0.0940. The predicted octanol–water partition coefficient (Wildman–Crippen LogP) is 0.919. The number of hydrogen-bond donors (Lipinski definition) is 2. The van der Waals surface area contributed by atoms with Crippen LogP contribution in [0.2, 0.25) is 0 Å². The zero-order valence-corrected chi connectivity index (χ0v) is 9.44. The summed E-state index contributed by atoms with van der Waals surface area (Å²) < 4.78 is 0. The van der Waals surface area contributed by atoms with Crippen LogP contribution in [0.25, 0.3) is 0 Å². The van der Waals surface area contributed by atoms with Gasteiger partial charge in [0.15, 0.2) is 0 Å². The van der Waals surface area contributed by atoms with Crippen molar-refractivity contribution in [1.82, 2.24) is 10.3 Å². The van der Waals surface area contributed by atoms with Crippen LogP contribution in [0.1, 0.15) is 29.2 Å². The van der Waals surface area contributed by atoms with Crippen LogP contribution < -0.4 is 11.1 Å². The second-order valence-electron chi connectivity index (χ2n) is 3.94. The van der Waals surface area contributed by atoms with E-state index >= 15 is 0 Å². The Bertz CT molecular complexity index is 327. The van der Waals surface area contributed by atoms with E-state index in [0.29, 0.717) is 11.4 Å². The quantitative estimate of drug-likeness (QED) is 0.784. The maximum Gasteiger partial charge on any atom is 0.263 e. The van der Waals surface area contributed by atoms with Crippen molar-refractivity contribution in [2.45, 2.75) is 26.3 Å². The Morgan fingerprint density at radius 2 is 2.36 bits per heavy atom. The number of hydrogen-bond acceptors (Lipinski definition) is 4. The van der Waals surface area contributed by atoms with Gasteiger partial charge in [0, 0.05) is 12.1 Å². The summed E-state index contributed by atoms with van der Waals surface area (Å²) in [6.45, 7) is 6.02. The molecule has 0 aromatic carbocycles. The fourth-order valence-electron chi connectivity index (χ4n) is 0.908. The van der Waals surface area contributed by atoms with Crippen molar-refractivity contribution in [3.63, 3.8) is 0 Å². The molecule has 14 heavy (non-hydrogen) atoms. The number of nitrogens with two attached hydrogens (primary N) is 1. The van der Waals surface area contributed by atoms with Gasteiger partial charge < -0.3 is 11.1 Å². The Morgan fingerprint density at radius 3 is 2.79 bits per heavy atom. The number of nitrogens with one attached hydrogen (secondary N) is 1. The second-order valence-corrected chi connectivity index (χ2v) is 4.79. The third-order valence-electron chi connectivity index (χ3n) is 1.66. The maximum atomic E-state index is 11.6. The number of rotatable bonds is 3. The Labute approximate surface area is 87.5 Å². The van der Waals surface area contributed by atoms with Gasteiger partial charge >= 0.3 is 0 Å². The molecule has 3 N–H and O–H groups in total. The SMILES string of the molecule is Cc1ncsc1C(=O)NCC(C)(C)N. The van der Waals surface area contributed by atoms with Gasteiger partial charge in [0.1, 0.15) is 4.88 Å². The Kier molecular flexibility index (Phi) is 3.23. The van der Waals surface area contributed by atoms with Crippen LogP contribution in [0, 0.1) is 6.92 Å². The van der Waals surface area contributed by atoms with E-state index in [4.69, 9.17) is 5.73 Å². The number of aromatic nitrogens is 1. The van der Waals surface area contributed by atoms with Crippen LogP contribution in [0.15, 0.2) is 5.51 Å². The minimum Gasteiger partial charge on any atom is -0.349 e. The van der Waals surface area contributed by atoms with E-state index in [1.165, 1.54) is 11.3 Å². The summed E-state index contributed by atoms with van der Waals surface area (Å²) in [5.41, 5.74) is 7.80. The zero-order chi connectivity index (χ0) is 10.8. The molecule has 0 saturated carbocycles. The van der Waals surface area contributed by atoms with E-state index in [-0.39, 0.29) is 11.4 Å². The van der Waals surface area contributed by atoms with Crippen LogP contribution in [0.5, 0.6) is 0 Å². The Morgan fingerprint density at radius 1 is 1.71 bits per heavy atom. The van der Waals surface area contributed by atoms with E-state index in [2.05, 4.69) is 10.3 Å². The molecule has 4 nitrogen and oxygen atoms in total. The van der Waals surface area contributed by atoms with E-state index in [9.17, 15) is 4.79 Å². The standard InChI is InChI=1S/C9H15N3OS/c1-6-7(14-5-12-6)8(13)11-4-9(2,3)10/h5H,4,10H2,1-3H3,(H,11,13). The van der Waals surface area contributed by atoms with Crippen molar-refractivity contribution in [2.24, 2.45) is 5.73 Å². The van der Waals surface area contributed by atoms with Gasteiger partial charge in [-0.15, -0.1) is 11.3 Å². The van der Waals surface area contributed by atoms with Crippen molar-refractivity contribution in [3.05, 3.63) is 16.1 Å². The molecule has 1 heterocycles. The van der Waals surface area contributed by atoms with Gasteiger partial charge in [0.05, 0.1) is 11.2 Å². The molecule has 0 fully saturated rings. The lowest BCUT2D eigenvalue weighted by Gasteiger charge is -2.18. The highest BCUT2D eigenvalue weighted by Gasteiger charge is 2.15. The first-order chi connectivity index (χ1) is 6.40. The third kappa shape index (κ3) is 3.08. The van der Waals surface area contributed by atoms with Crippen molar-refractivity contribution < 1.29 is 4.79 Å².